The SMILES string of the molecule is Cc1ccc(CN(C)C(=O)COC(=O)[C@H](C)N2C(=O)c3ccccc3C2=O)c(C)c1. The maximum Gasteiger partial charge on any atom is 0.329 e. The van der Waals surface area contributed by atoms with Crippen molar-refractivity contribution in [1.82, 2.24) is 9.80 Å². The summed E-state index contributed by atoms with van der Waals surface area (Å²) in [6.07, 6.45) is 0. The number of hydrogen-bond acceptors (Lipinski definition) is 5. The molecule has 1 atom stereocenters. The molecule has 3 amide bonds. The zero-order valence-corrected chi connectivity index (χ0v) is 17.5. The van der Waals surface area contributed by atoms with Gasteiger partial charge in [-0.25, -0.2) is 4.79 Å². The van der Waals surface area contributed by atoms with Gasteiger partial charge in [-0.2, -0.15) is 0 Å². The molecule has 0 saturated heterocycles. The van der Waals surface area contributed by atoms with Gasteiger partial charge in [0, 0.05) is 13.6 Å². The van der Waals surface area contributed by atoms with E-state index in [-0.39, 0.29) is 17.0 Å². The average Bonchev–Trinajstić information content (AvgIpc) is 2.98. The topological polar surface area (TPSA) is 84.0 Å². The second-order valence-electron chi connectivity index (χ2n) is 7.49. The van der Waals surface area contributed by atoms with Gasteiger partial charge in [-0.3, -0.25) is 19.3 Å². The van der Waals surface area contributed by atoms with Crippen LogP contribution in [0.3, 0.4) is 0 Å². The normalized spacial score (nSPS) is 13.8. The molecule has 2 aromatic rings. The molecule has 7 nitrogen and oxygen atoms in total. The highest BCUT2D eigenvalue weighted by molar-refractivity contribution is 6.22. The molecule has 156 valence electrons. The van der Waals surface area contributed by atoms with Crippen LogP contribution < -0.4 is 0 Å². The van der Waals surface area contributed by atoms with Crippen LogP contribution in [0, 0.1) is 13.8 Å². The number of imide groups is 1. The van der Waals surface area contributed by atoms with E-state index in [0.29, 0.717) is 6.54 Å². The molecule has 0 saturated carbocycles. The molecule has 3 rings (SSSR count). The molecule has 1 aliphatic rings. The fraction of sp³-hybridized carbons (Fsp3) is 0.304. The minimum atomic E-state index is -1.13. The number of likely N-dealkylation sites (N-methyl/N-ethyl adjacent to an activating group) is 1. The number of ether oxygens (including phenoxy) is 1. The number of aryl methyl sites for hydroxylation is 2. The molecule has 0 N–H and O–H groups in total. The molecule has 0 radical (unpaired) electrons. The van der Waals surface area contributed by atoms with Crippen LogP contribution in [-0.4, -0.2) is 53.2 Å². The van der Waals surface area contributed by atoms with Crippen LogP contribution in [0.1, 0.15) is 44.3 Å². The zero-order valence-electron chi connectivity index (χ0n) is 17.5. The van der Waals surface area contributed by atoms with Crippen molar-refractivity contribution in [1.29, 1.82) is 0 Å². The Hall–Kier alpha value is -3.48. The quantitative estimate of drug-likeness (QED) is 0.542. The highest BCUT2D eigenvalue weighted by Gasteiger charge is 2.41. The smallest absolute Gasteiger partial charge is 0.329 e. The molecule has 1 aliphatic heterocycles. The van der Waals surface area contributed by atoms with E-state index in [2.05, 4.69) is 0 Å². The standard InChI is InChI=1S/C23H24N2O5/c1-14-9-10-17(15(2)11-14)12-24(4)20(26)13-30-23(29)16(3)25-21(27)18-7-5-6-8-19(18)22(25)28/h5-11,16H,12-13H2,1-4H3/t16-/m0/s1. The first kappa shape index (κ1) is 21.2. The summed E-state index contributed by atoms with van der Waals surface area (Å²) in [5.74, 6) is -2.27. The van der Waals surface area contributed by atoms with Crippen molar-refractivity contribution in [2.24, 2.45) is 0 Å². The highest BCUT2D eigenvalue weighted by atomic mass is 16.5. The Labute approximate surface area is 175 Å². The van der Waals surface area contributed by atoms with Gasteiger partial charge in [0.2, 0.25) is 0 Å². The minimum Gasteiger partial charge on any atom is -0.454 e. The number of amides is 3. The predicted octanol–water partition coefficient (Wildman–Crippen LogP) is 2.49. The molecule has 0 aromatic heterocycles. The van der Waals surface area contributed by atoms with Gasteiger partial charge < -0.3 is 9.64 Å². The highest BCUT2D eigenvalue weighted by Crippen LogP contribution is 2.24. The maximum absolute atomic E-state index is 12.5. The van der Waals surface area contributed by atoms with Gasteiger partial charge in [0.1, 0.15) is 6.04 Å². The van der Waals surface area contributed by atoms with Crippen LogP contribution in [0.2, 0.25) is 0 Å². The Morgan fingerprint density at radius 1 is 1.03 bits per heavy atom. The average molecular weight is 408 g/mol. The lowest BCUT2D eigenvalue weighted by molar-refractivity contribution is -0.154. The van der Waals surface area contributed by atoms with E-state index in [1.807, 2.05) is 32.0 Å². The monoisotopic (exact) mass is 408 g/mol. The van der Waals surface area contributed by atoms with Crippen LogP contribution >= 0.6 is 0 Å². The van der Waals surface area contributed by atoms with Gasteiger partial charge in [0.05, 0.1) is 11.1 Å². The van der Waals surface area contributed by atoms with E-state index in [4.69, 9.17) is 4.74 Å². The number of carbonyl (C=O) groups excluding carboxylic acids is 4. The summed E-state index contributed by atoms with van der Waals surface area (Å²) in [7, 11) is 1.63. The van der Waals surface area contributed by atoms with Crippen LogP contribution in [-0.2, 0) is 20.9 Å². The molecular weight excluding hydrogens is 384 g/mol. The number of rotatable bonds is 6. The fourth-order valence-corrected chi connectivity index (χ4v) is 3.40. The first-order valence-corrected chi connectivity index (χ1v) is 9.64. The van der Waals surface area contributed by atoms with Gasteiger partial charge in [0.25, 0.3) is 17.7 Å². The number of benzene rings is 2. The molecule has 0 fully saturated rings. The van der Waals surface area contributed by atoms with E-state index in [9.17, 15) is 19.2 Å². The Morgan fingerprint density at radius 2 is 1.63 bits per heavy atom. The lowest BCUT2D eigenvalue weighted by atomic mass is 10.1. The van der Waals surface area contributed by atoms with Gasteiger partial charge in [-0.05, 0) is 44.0 Å². The van der Waals surface area contributed by atoms with E-state index < -0.39 is 30.4 Å². The lowest BCUT2D eigenvalue weighted by Crippen LogP contribution is -2.44. The fourth-order valence-electron chi connectivity index (χ4n) is 3.40. The number of esters is 1. The van der Waals surface area contributed by atoms with E-state index >= 15 is 0 Å². The molecule has 30 heavy (non-hydrogen) atoms. The summed E-state index contributed by atoms with van der Waals surface area (Å²) >= 11 is 0. The Balaban J connectivity index is 1.58. The van der Waals surface area contributed by atoms with Gasteiger partial charge >= 0.3 is 5.97 Å². The minimum absolute atomic E-state index is 0.256. The first-order valence-electron chi connectivity index (χ1n) is 9.64. The predicted molar refractivity (Wildman–Crippen MR) is 110 cm³/mol. The summed E-state index contributed by atoms with van der Waals surface area (Å²) in [5, 5.41) is 0. The molecule has 0 unspecified atom stereocenters. The van der Waals surface area contributed by atoms with Crippen molar-refractivity contribution in [2.75, 3.05) is 13.7 Å². The number of carbonyl (C=O) groups is 4. The van der Waals surface area contributed by atoms with Gasteiger partial charge in [-0.15, -0.1) is 0 Å². The molecule has 2 aromatic carbocycles. The van der Waals surface area contributed by atoms with E-state index in [1.165, 1.54) is 11.8 Å². The number of fused-ring (bicyclic) bond motifs is 1. The maximum atomic E-state index is 12.5. The Bertz CT molecular complexity index is 995. The summed E-state index contributed by atoms with van der Waals surface area (Å²) in [6.45, 7) is 5.31. The molecule has 0 aliphatic carbocycles. The van der Waals surface area contributed by atoms with Crippen LogP contribution in [0.4, 0.5) is 0 Å². The summed E-state index contributed by atoms with van der Waals surface area (Å²) in [6, 6.07) is 11.2. The van der Waals surface area contributed by atoms with Crippen molar-refractivity contribution >= 4 is 23.7 Å². The number of hydrogen-bond donors (Lipinski definition) is 0. The van der Waals surface area contributed by atoms with Crippen LogP contribution in [0.25, 0.3) is 0 Å². The van der Waals surface area contributed by atoms with Gasteiger partial charge in [-0.1, -0.05) is 35.9 Å². The van der Waals surface area contributed by atoms with Gasteiger partial charge in [0.15, 0.2) is 6.61 Å². The van der Waals surface area contributed by atoms with E-state index in [0.717, 1.165) is 21.6 Å². The Kier molecular flexibility index (Phi) is 6.01. The Morgan fingerprint density at radius 3 is 2.20 bits per heavy atom. The van der Waals surface area contributed by atoms with Crippen LogP contribution in [0.15, 0.2) is 42.5 Å². The second-order valence-corrected chi connectivity index (χ2v) is 7.49. The summed E-state index contributed by atoms with van der Waals surface area (Å²) in [4.78, 5) is 52.1. The third-order valence-electron chi connectivity index (χ3n) is 5.22. The van der Waals surface area contributed by atoms with Crippen molar-refractivity contribution < 1.29 is 23.9 Å². The molecule has 0 bridgehead atoms. The molecule has 7 heteroatoms. The molecule has 1 heterocycles. The van der Waals surface area contributed by atoms with E-state index in [1.54, 1.807) is 31.3 Å². The third-order valence-corrected chi connectivity index (χ3v) is 5.22. The summed E-state index contributed by atoms with van der Waals surface area (Å²) in [5.41, 5.74) is 3.73. The largest absolute Gasteiger partial charge is 0.454 e. The second kappa shape index (κ2) is 8.49. The van der Waals surface area contributed by atoms with Crippen molar-refractivity contribution in [2.45, 2.75) is 33.4 Å². The third kappa shape index (κ3) is 4.10. The molecular formula is C23H24N2O5. The van der Waals surface area contributed by atoms with Crippen LogP contribution in [0.5, 0.6) is 0 Å². The first-order chi connectivity index (χ1) is 14.2. The molecule has 0 spiro atoms. The zero-order chi connectivity index (χ0) is 22.0. The van der Waals surface area contributed by atoms with Crippen molar-refractivity contribution in [3.8, 4) is 0 Å². The lowest BCUT2D eigenvalue weighted by Gasteiger charge is -2.22. The summed E-state index contributed by atoms with van der Waals surface area (Å²) < 4.78 is 5.11. The number of nitrogens with zero attached hydrogens (tertiary/aromatic N) is 2. The van der Waals surface area contributed by atoms with Crippen molar-refractivity contribution in [3.05, 3.63) is 70.3 Å². The van der Waals surface area contributed by atoms with Crippen molar-refractivity contribution in [3.63, 3.8) is 0 Å².